The Labute approximate surface area is 98.8 Å². The second-order valence-electron chi connectivity index (χ2n) is 3.44. The smallest absolute Gasteiger partial charge is 0.251 e. The van der Waals surface area contributed by atoms with E-state index in [1.54, 1.807) is 6.92 Å². The van der Waals surface area contributed by atoms with Crippen LogP contribution in [-0.2, 0) is 0 Å². The Morgan fingerprint density at radius 1 is 1.56 bits per heavy atom. The maximum atomic E-state index is 13.0. The van der Waals surface area contributed by atoms with E-state index < -0.39 is 0 Å². The summed E-state index contributed by atoms with van der Waals surface area (Å²) in [5, 5.41) is 2.65. The Hall–Kier alpha value is -1.49. The molecular formula is C11H13FN2OS. The minimum absolute atomic E-state index is 0.251. The minimum Gasteiger partial charge on any atom is -0.393 e. The van der Waals surface area contributed by atoms with Crippen LogP contribution in [0.3, 0.4) is 0 Å². The van der Waals surface area contributed by atoms with Gasteiger partial charge in [-0.15, -0.1) is 0 Å². The molecule has 1 amide bonds. The molecule has 0 bridgehead atoms. The topological polar surface area (TPSA) is 55.1 Å². The molecule has 0 aliphatic carbocycles. The largest absolute Gasteiger partial charge is 0.393 e. The quantitative estimate of drug-likeness (QED) is 0.785. The second kappa shape index (κ2) is 5.55. The van der Waals surface area contributed by atoms with Crippen LogP contribution in [0.25, 0.3) is 0 Å². The van der Waals surface area contributed by atoms with Crippen molar-refractivity contribution < 1.29 is 9.18 Å². The number of amides is 1. The number of carbonyl (C=O) groups is 1. The Balaban J connectivity index is 2.59. The number of hydrogen-bond donors (Lipinski definition) is 2. The van der Waals surface area contributed by atoms with Gasteiger partial charge in [0.1, 0.15) is 5.82 Å². The lowest BCUT2D eigenvalue weighted by atomic mass is 10.1. The molecule has 0 heterocycles. The molecule has 3 N–H and O–H groups in total. The van der Waals surface area contributed by atoms with Crippen LogP contribution in [0.15, 0.2) is 18.2 Å². The molecule has 0 atom stereocenters. The van der Waals surface area contributed by atoms with Gasteiger partial charge in [0.15, 0.2) is 0 Å². The van der Waals surface area contributed by atoms with Gasteiger partial charge in [0.05, 0.1) is 4.99 Å². The summed E-state index contributed by atoms with van der Waals surface area (Å²) in [6.07, 6.45) is 0.460. The Kier molecular flexibility index (Phi) is 4.37. The van der Waals surface area contributed by atoms with E-state index in [2.05, 4.69) is 17.5 Å². The van der Waals surface area contributed by atoms with Gasteiger partial charge in [-0.3, -0.25) is 4.79 Å². The molecule has 0 saturated heterocycles. The van der Waals surface area contributed by atoms with Gasteiger partial charge in [-0.05, 0) is 30.7 Å². The summed E-state index contributed by atoms with van der Waals surface area (Å²) in [4.78, 5) is 11.9. The number of thiocarbonyl (C=S) groups is 1. The number of nitrogens with one attached hydrogen (secondary N) is 1. The fourth-order valence-electron chi connectivity index (χ4n) is 1.19. The maximum absolute atomic E-state index is 13.0. The molecule has 0 radical (unpaired) electrons. The standard InChI is InChI=1S/C11H13FN2OS/c1-7-6-8(2-3-9(7)12)11(15)14-5-4-10(13)16/h2-3,6H,4-5H2,1H3,(H2,13,16)(H,14,15). The lowest BCUT2D eigenvalue weighted by Crippen LogP contribution is -2.27. The van der Waals surface area contributed by atoms with Crippen molar-refractivity contribution in [3.05, 3.63) is 35.1 Å². The molecule has 0 aromatic heterocycles. The van der Waals surface area contributed by atoms with Gasteiger partial charge in [0.2, 0.25) is 0 Å². The van der Waals surface area contributed by atoms with Gasteiger partial charge in [-0.1, -0.05) is 12.2 Å². The molecule has 0 unspecified atom stereocenters. The van der Waals surface area contributed by atoms with Crippen molar-refractivity contribution in [3.8, 4) is 0 Å². The number of benzene rings is 1. The van der Waals surface area contributed by atoms with Gasteiger partial charge in [-0.25, -0.2) is 4.39 Å². The van der Waals surface area contributed by atoms with Crippen LogP contribution in [-0.4, -0.2) is 17.4 Å². The SMILES string of the molecule is Cc1cc(C(=O)NCCC(N)=S)ccc1F. The van der Waals surface area contributed by atoms with Gasteiger partial charge in [0.25, 0.3) is 5.91 Å². The molecule has 0 saturated carbocycles. The van der Waals surface area contributed by atoms with Crippen molar-refractivity contribution in [3.63, 3.8) is 0 Å². The van der Waals surface area contributed by atoms with Crippen LogP contribution in [0.5, 0.6) is 0 Å². The molecule has 0 spiro atoms. The number of hydrogen-bond acceptors (Lipinski definition) is 2. The van der Waals surface area contributed by atoms with E-state index in [1.165, 1.54) is 18.2 Å². The van der Waals surface area contributed by atoms with E-state index in [4.69, 9.17) is 5.73 Å². The normalized spacial score (nSPS) is 9.88. The van der Waals surface area contributed by atoms with E-state index in [0.29, 0.717) is 29.1 Å². The fraction of sp³-hybridized carbons (Fsp3) is 0.273. The molecule has 16 heavy (non-hydrogen) atoms. The van der Waals surface area contributed by atoms with Crippen LogP contribution in [0.4, 0.5) is 4.39 Å². The number of rotatable bonds is 4. The van der Waals surface area contributed by atoms with Gasteiger partial charge >= 0.3 is 0 Å². The zero-order valence-electron chi connectivity index (χ0n) is 8.92. The molecule has 0 fully saturated rings. The highest BCUT2D eigenvalue weighted by Gasteiger charge is 2.06. The van der Waals surface area contributed by atoms with Gasteiger partial charge in [0, 0.05) is 18.5 Å². The van der Waals surface area contributed by atoms with Crippen molar-refractivity contribution in [1.29, 1.82) is 0 Å². The van der Waals surface area contributed by atoms with Crippen molar-refractivity contribution in [2.24, 2.45) is 5.73 Å². The molecule has 0 aliphatic heterocycles. The summed E-state index contributed by atoms with van der Waals surface area (Å²) < 4.78 is 13.0. The second-order valence-corrected chi connectivity index (χ2v) is 3.96. The molecule has 86 valence electrons. The highest BCUT2D eigenvalue weighted by atomic mass is 32.1. The third-order valence-electron chi connectivity index (χ3n) is 2.08. The van der Waals surface area contributed by atoms with E-state index in [9.17, 15) is 9.18 Å². The molecule has 3 nitrogen and oxygen atoms in total. The minimum atomic E-state index is -0.320. The Morgan fingerprint density at radius 3 is 2.81 bits per heavy atom. The van der Waals surface area contributed by atoms with Gasteiger partial charge in [-0.2, -0.15) is 0 Å². The lowest BCUT2D eigenvalue weighted by Gasteiger charge is -2.05. The maximum Gasteiger partial charge on any atom is 0.251 e. The summed E-state index contributed by atoms with van der Waals surface area (Å²) in [6, 6.07) is 4.22. The fourth-order valence-corrected chi connectivity index (χ4v) is 1.29. The van der Waals surface area contributed by atoms with Crippen LogP contribution in [0, 0.1) is 12.7 Å². The first-order chi connectivity index (χ1) is 7.50. The Bertz CT molecular complexity index is 420. The molecule has 1 aromatic rings. The number of aryl methyl sites for hydroxylation is 1. The monoisotopic (exact) mass is 240 g/mol. The molecule has 0 aliphatic rings. The van der Waals surface area contributed by atoms with E-state index in [-0.39, 0.29) is 11.7 Å². The third kappa shape index (κ3) is 3.58. The van der Waals surface area contributed by atoms with E-state index in [0.717, 1.165) is 0 Å². The van der Waals surface area contributed by atoms with Crippen LogP contribution in [0.2, 0.25) is 0 Å². The molecule has 1 rings (SSSR count). The molecule has 1 aromatic carbocycles. The number of carbonyl (C=O) groups excluding carboxylic acids is 1. The number of halogens is 1. The van der Waals surface area contributed by atoms with Crippen molar-refractivity contribution >= 4 is 23.1 Å². The summed E-state index contributed by atoms with van der Waals surface area (Å²) in [6.45, 7) is 2.01. The highest BCUT2D eigenvalue weighted by Crippen LogP contribution is 2.08. The average Bonchev–Trinajstić information content (AvgIpc) is 2.21. The summed E-state index contributed by atoms with van der Waals surface area (Å²) >= 11 is 4.68. The first-order valence-corrected chi connectivity index (χ1v) is 5.24. The molecule has 5 heteroatoms. The van der Waals surface area contributed by atoms with Gasteiger partial charge < -0.3 is 11.1 Å². The summed E-state index contributed by atoms with van der Waals surface area (Å²) in [5.41, 5.74) is 6.17. The summed E-state index contributed by atoms with van der Waals surface area (Å²) in [5.74, 6) is -0.570. The van der Waals surface area contributed by atoms with E-state index >= 15 is 0 Å². The first-order valence-electron chi connectivity index (χ1n) is 4.83. The predicted molar refractivity (Wildman–Crippen MR) is 64.9 cm³/mol. The highest BCUT2D eigenvalue weighted by molar-refractivity contribution is 7.80. The van der Waals surface area contributed by atoms with Crippen LogP contribution >= 0.6 is 12.2 Å². The van der Waals surface area contributed by atoms with Crippen LogP contribution in [0.1, 0.15) is 22.3 Å². The van der Waals surface area contributed by atoms with E-state index in [1.807, 2.05) is 0 Å². The number of nitrogens with two attached hydrogens (primary N) is 1. The third-order valence-corrected chi connectivity index (χ3v) is 2.28. The van der Waals surface area contributed by atoms with Crippen molar-refractivity contribution in [2.75, 3.05) is 6.54 Å². The average molecular weight is 240 g/mol. The zero-order chi connectivity index (χ0) is 12.1. The summed E-state index contributed by atoms with van der Waals surface area (Å²) in [7, 11) is 0. The Morgan fingerprint density at radius 2 is 2.25 bits per heavy atom. The van der Waals surface area contributed by atoms with Crippen molar-refractivity contribution in [2.45, 2.75) is 13.3 Å². The van der Waals surface area contributed by atoms with Crippen molar-refractivity contribution in [1.82, 2.24) is 5.32 Å². The zero-order valence-corrected chi connectivity index (χ0v) is 9.73. The first kappa shape index (κ1) is 12.6. The predicted octanol–water partition coefficient (Wildman–Crippen LogP) is 1.54. The van der Waals surface area contributed by atoms with Crippen LogP contribution < -0.4 is 11.1 Å². The lowest BCUT2D eigenvalue weighted by molar-refractivity contribution is 0.0954. The molecular weight excluding hydrogens is 227 g/mol.